The van der Waals surface area contributed by atoms with Crippen molar-refractivity contribution in [3.05, 3.63) is 64.1 Å². The maximum absolute atomic E-state index is 12.9. The highest BCUT2D eigenvalue weighted by molar-refractivity contribution is 7.14. The van der Waals surface area contributed by atoms with Crippen molar-refractivity contribution in [3.8, 4) is 5.69 Å². The Morgan fingerprint density at radius 3 is 2.84 bits per heavy atom. The number of nitrogens with zero attached hydrogens (tertiary/aromatic N) is 7. The highest BCUT2D eigenvalue weighted by Crippen LogP contribution is 2.37. The number of hydrogen-bond donors (Lipinski definition) is 0. The van der Waals surface area contributed by atoms with Gasteiger partial charge >= 0.3 is 0 Å². The molecule has 2 aliphatic rings. The van der Waals surface area contributed by atoms with Gasteiger partial charge in [0.05, 0.1) is 37.4 Å². The molecule has 1 amide bonds. The molecule has 2 aliphatic heterocycles. The number of benzene rings is 1. The molecule has 3 aromatic rings. The predicted octanol–water partition coefficient (Wildman–Crippen LogP) is 2.41. The standard InChI is InChI=1S/C22H23N7O2S/c1-15-19(13-32-22(15)23-2)20-11-27-7-8-28(10-18(27)12-31-20)21(30)9-16-3-5-17(6-4-16)29-14-24-25-26-29/h3-6,13-14,18,20H,7-12H2,1H3/t18-,20-/m0/s1. The van der Waals surface area contributed by atoms with E-state index in [4.69, 9.17) is 11.3 Å². The lowest BCUT2D eigenvalue weighted by atomic mass is 10.0. The Kier molecular flexibility index (Phi) is 5.70. The first-order valence-electron chi connectivity index (χ1n) is 10.5. The number of fused-ring (bicyclic) bond motifs is 1. The summed E-state index contributed by atoms with van der Waals surface area (Å²) in [5.41, 5.74) is 3.99. The zero-order valence-electron chi connectivity index (χ0n) is 17.7. The molecule has 2 fully saturated rings. The van der Waals surface area contributed by atoms with Crippen LogP contribution in [0, 0.1) is 13.5 Å². The summed E-state index contributed by atoms with van der Waals surface area (Å²) in [6, 6.07) is 7.93. The summed E-state index contributed by atoms with van der Waals surface area (Å²) in [7, 11) is 0. The number of hydrogen-bond acceptors (Lipinski definition) is 7. The molecule has 0 spiro atoms. The van der Waals surface area contributed by atoms with Crippen molar-refractivity contribution < 1.29 is 9.53 Å². The first kappa shape index (κ1) is 20.8. The molecular weight excluding hydrogens is 426 g/mol. The fraction of sp³-hybridized carbons (Fsp3) is 0.409. The van der Waals surface area contributed by atoms with E-state index in [1.54, 1.807) is 11.0 Å². The van der Waals surface area contributed by atoms with Gasteiger partial charge in [-0.05, 0) is 51.6 Å². The minimum absolute atomic E-state index is 0.000970. The number of ether oxygens (including phenoxy) is 1. The lowest BCUT2D eigenvalue weighted by Gasteiger charge is -2.46. The number of carbonyl (C=O) groups excluding carboxylic acids is 1. The number of thiophene rings is 1. The lowest BCUT2D eigenvalue weighted by molar-refractivity contribution is -0.139. The number of carbonyl (C=O) groups is 1. The van der Waals surface area contributed by atoms with E-state index >= 15 is 0 Å². The number of morpholine rings is 1. The van der Waals surface area contributed by atoms with Crippen molar-refractivity contribution in [2.75, 3.05) is 32.8 Å². The van der Waals surface area contributed by atoms with Gasteiger partial charge in [-0.1, -0.05) is 12.1 Å². The Balaban J connectivity index is 1.17. The molecule has 0 unspecified atom stereocenters. The van der Waals surface area contributed by atoms with Crippen molar-refractivity contribution in [3.63, 3.8) is 0 Å². The van der Waals surface area contributed by atoms with E-state index in [2.05, 4.69) is 30.7 Å². The van der Waals surface area contributed by atoms with E-state index in [1.165, 1.54) is 11.3 Å². The number of tetrazole rings is 1. The zero-order chi connectivity index (χ0) is 22.1. The molecular formula is C22H23N7O2S. The van der Waals surface area contributed by atoms with Gasteiger partial charge in [-0.15, -0.1) is 5.10 Å². The van der Waals surface area contributed by atoms with E-state index in [1.807, 2.05) is 36.1 Å². The van der Waals surface area contributed by atoms with Crippen LogP contribution in [0.25, 0.3) is 10.5 Å². The fourth-order valence-electron chi connectivity index (χ4n) is 4.38. The zero-order valence-corrected chi connectivity index (χ0v) is 18.5. The predicted molar refractivity (Wildman–Crippen MR) is 119 cm³/mol. The third kappa shape index (κ3) is 4.02. The molecule has 0 radical (unpaired) electrons. The molecule has 2 aromatic heterocycles. The summed E-state index contributed by atoms with van der Waals surface area (Å²) in [6.45, 7) is 12.9. The van der Waals surface area contributed by atoms with Gasteiger partial charge < -0.3 is 9.64 Å². The first-order valence-corrected chi connectivity index (χ1v) is 11.4. The van der Waals surface area contributed by atoms with Gasteiger partial charge in [0.15, 0.2) is 0 Å². The smallest absolute Gasteiger partial charge is 0.244 e. The molecule has 0 N–H and O–H groups in total. The monoisotopic (exact) mass is 449 g/mol. The highest BCUT2D eigenvalue weighted by Gasteiger charge is 2.36. The number of aromatic nitrogens is 4. The molecule has 164 valence electrons. The largest absolute Gasteiger partial charge is 0.371 e. The van der Waals surface area contributed by atoms with Crippen LogP contribution in [0.15, 0.2) is 36.0 Å². The van der Waals surface area contributed by atoms with Gasteiger partial charge in [0.2, 0.25) is 10.9 Å². The Hall–Kier alpha value is -3.13. The second-order valence-corrected chi connectivity index (χ2v) is 9.00. The minimum Gasteiger partial charge on any atom is -0.371 e. The number of amides is 1. The van der Waals surface area contributed by atoms with Crippen LogP contribution in [-0.4, -0.2) is 74.7 Å². The Labute approximate surface area is 190 Å². The number of rotatable bonds is 4. The third-order valence-corrected chi connectivity index (χ3v) is 7.25. The van der Waals surface area contributed by atoms with Gasteiger partial charge in [-0.2, -0.15) is 11.3 Å². The van der Waals surface area contributed by atoms with E-state index in [0.29, 0.717) is 19.6 Å². The summed E-state index contributed by atoms with van der Waals surface area (Å²) < 4.78 is 7.76. The van der Waals surface area contributed by atoms with Crippen LogP contribution < -0.4 is 0 Å². The maximum Gasteiger partial charge on any atom is 0.244 e. The molecule has 0 aliphatic carbocycles. The van der Waals surface area contributed by atoms with Crippen LogP contribution in [0.2, 0.25) is 0 Å². The van der Waals surface area contributed by atoms with Crippen LogP contribution in [0.4, 0.5) is 5.00 Å². The molecule has 32 heavy (non-hydrogen) atoms. The Morgan fingerprint density at radius 2 is 2.12 bits per heavy atom. The lowest BCUT2D eigenvalue weighted by Crippen LogP contribution is -2.59. The van der Waals surface area contributed by atoms with E-state index in [9.17, 15) is 4.79 Å². The Bertz CT molecular complexity index is 1140. The molecule has 9 nitrogen and oxygen atoms in total. The molecule has 2 saturated heterocycles. The quantitative estimate of drug-likeness (QED) is 0.569. The van der Waals surface area contributed by atoms with Crippen molar-refractivity contribution in [1.29, 1.82) is 0 Å². The van der Waals surface area contributed by atoms with E-state index in [0.717, 1.165) is 47.0 Å². The van der Waals surface area contributed by atoms with E-state index < -0.39 is 0 Å². The normalized spacial score (nSPS) is 21.2. The van der Waals surface area contributed by atoms with Crippen molar-refractivity contribution in [1.82, 2.24) is 30.0 Å². The van der Waals surface area contributed by atoms with Gasteiger partial charge in [0, 0.05) is 26.2 Å². The molecule has 10 heteroatoms. The minimum atomic E-state index is -0.000970. The molecule has 5 rings (SSSR count). The van der Waals surface area contributed by atoms with Gasteiger partial charge in [-0.3, -0.25) is 9.69 Å². The summed E-state index contributed by atoms with van der Waals surface area (Å²) in [6.07, 6.45) is 1.92. The Morgan fingerprint density at radius 1 is 1.28 bits per heavy atom. The maximum atomic E-state index is 12.9. The van der Waals surface area contributed by atoms with Crippen molar-refractivity contribution in [2.45, 2.75) is 25.5 Å². The summed E-state index contributed by atoms with van der Waals surface area (Å²) >= 11 is 1.49. The fourth-order valence-corrected chi connectivity index (χ4v) is 5.29. The van der Waals surface area contributed by atoms with Crippen LogP contribution in [0.3, 0.4) is 0 Å². The van der Waals surface area contributed by atoms with Gasteiger partial charge in [0.25, 0.3) is 0 Å². The molecule has 2 atom stereocenters. The molecule has 4 heterocycles. The van der Waals surface area contributed by atoms with Crippen LogP contribution in [0.1, 0.15) is 22.8 Å². The van der Waals surface area contributed by atoms with Crippen LogP contribution >= 0.6 is 11.3 Å². The van der Waals surface area contributed by atoms with Crippen LogP contribution in [-0.2, 0) is 16.0 Å². The highest BCUT2D eigenvalue weighted by atomic mass is 32.1. The van der Waals surface area contributed by atoms with Crippen molar-refractivity contribution in [2.24, 2.45) is 0 Å². The average molecular weight is 450 g/mol. The SMILES string of the molecule is [C-]#[N+]c1scc([C@@H]2CN3CCN(C(=O)Cc4ccc(-n5cnnn5)cc4)C[C@H]3CO2)c1C. The summed E-state index contributed by atoms with van der Waals surface area (Å²) in [5.74, 6) is 0.136. The average Bonchev–Trinajstić information content (AvgIpc) is 3.49. The van der Waals surface area contributed by atoms with Gasteiger partial charge in [0.1, 0.15) is 6.33 Å². The molecule has 0 bridgehead atoms. The first-order chi connectivity index (χ1) is 15.6. The summed E-state index contributed by atoms with van der Waals surface area (Å²) in [4.78, 5) is 20.9. The second-order valence-electron chi connectivity index (χ2n) is 8.14. The topological polar surface area (TPSA) is 80.7 Å². The number of piperazine rings is 1. The van der Waals surface area contributed by atoms with Gasteiger partial charge in [-0.25, -0.2) is 9.53 Å². The third-order valence-electron chi connectivity index (χ3n) is 6.25. The van der Waals surface area contributed by atoms with Crippen molar-refractivity contribution >= 4 is 22.2 Å². The van der Waals surface area contributed by atoms with E-state index in [-0.39, 0.29) is 18.1 Å². The molecule has 0 saturated carbocycles. The second kappa shape index (κ2) is 8.78. The molecule has 1 aromatic carbocycles. The summed E-state index contributed by atoms with van der Waals surface area (Å²) in [5, 5.41) is 14.0. The van der Waals surface area contributed by atoms with Crippen LogP contribution in [0.5, 0.6) is 0 Å².